The van der Waals surface area contributed by atoms with E-state index in [0.29, 0.717) is 17.6 Å². The predicted octanol–water partition coefficient (Wildman–Crippen LogP) is 1.42. The Bertz CT molecular complexity index is 311. The van der Waals surface area contributed by atoms with Crippen LogP contribution >= 0.6 is 12.2 Å². The smallest absolute Gasteiger partial charge is 0.231 e. The Hall–Kier alpha value is -0.680. The van der Waals surface area contributed by atoms with Crippen molar-refractivity contribution in [1.82, 2.24) is 4.90 Å². The maximum absolute atomic E-state index is 11.2. The Morgan fingerprint density at radius 1 is 1.33 bits per heavy atom. The van der Waals surface area contributed by atoms with E-state index in [0.717, 1.165) is 13.0 Å². The number of amides is 1. The van der Waals surface area contributed by atoms with Gasteiger partial charge < -0.3 is 11.5 Å². The van der Waals surface area contributed by atoms with Gasteiger partial charge >= 0.3 is 0 Å². The average molecular weight is 271 g/mol. The molecule has 0 spiro atoms. The number of rotatable bonds is 7. The lowest BCUT2D eigenvalue weighted by molar-refractivity contribution is -0.119. The van der Waals surface area contributed by atoms with Gasteiger partial charge in [0.25, 0.3) is 0 Å². The van der Waals surface area contributed by atoms with Crippen molar-refractivity contribution in [3.63, 3.8) is 0 Å². The van der Waals surface area contributed by atoms with Gasteiger partial charge in [-0.25, -0.2) is 0 Å². The highest BCUT2D eigenvalue weighted by Crippen LogP contribution is 2.26. The number of primary amides is 1. The Morgan fingerprint density at radius 3 is 2.33 bits per heavy atom. The minimum Gasteiger partial charge on any atom is -0.393 e. The van der Waals surface area contributed by atoms with Crippen molar-refractivity contribution in [3.8, 4) is 0 Å². The summed E-state index contributed by atoms with van der Waals surface area (Å²) in [7, 11) is 0. The summed E-state index contributed by atoms with van der Waals surface area (Å²) in [6.07, 6.45) is 5.70. The average Bonchev–Trinajstić information content (AvgIpc) is 2.76. The molecule has 0 aromatic carbocycles. The van der Waals surface area contributed by atoms with E-state index in [1.807, 2.05) is 13.8 Å². The van der Waals surface area contributed by atoms with Gasteiger partial charge in [0.15, 0.2) is 0 Å². The Morgan fingerprint density at radius 2 is 1.89 bits per heavy atom. The van der Waals surface area contributed by atoms with Crippen LogP contribution in [0.3, 0.4) is 0 Å². The monoisotopic (exact) mass is 271 g/mol. The molecular formula is C13H25N3OS. The van der Waals surface area contributed by atoms with Gasteiger partial charge in [0, 0.05) is 11.5 Å². The summed E-state index contributed by atoms with van der Waals surface area (Å²) in [5, 5.41) is 0. The van der Waals surface area contributed by atoms with Crippen molar-refractivity contribution in [2.45, 2.75) is 52.0 Å². The fourth-order valence-corrected chi connectivity index (χ4v) is 2.51. The number of nitrogens with zero attached hydrogens (tertiary/aromatic N) is 1. The molecule has 0 unspecified atom stereocenters. The molecule has 0 aromatic rings. The number of nitrogens with two attached hydrogens (primary N) is 2. The molecule has 5 heteroatoms. The molecule has 0 bridgehead atoms. The van der Waals surface area contributed by atoms with Crippen molar-refractivity contribution in [2.75, 3.05) is 13.1 Å². The Kier molecular flexibility index (Phi) is 5.53. The van der Waals surface area contributed by atoms with E-state index in [9.17, 15) is 4.79 Å². The molecule has 4 nitrogen and oxygen atoms in total. The molecule has 1 saturated carbocycles. The van der Waals surface area contributed by atoms with Crippen molar-refractivity contribution < 1.29 is 4.79 Å². The van der Waals surface area contributed by atoms with Gasteiger partial charge in [0.1, 0.15) is 0 Å². The largest absolute Gasteiger partial charge is 0.393 e. The van der Waals surface area contributed by atoms with Crippen LogP contribution in [0.2, 0.25) is 0 Å². The second kappa shape index (κ2) is 6.48. The van der Waals surface area contributed by atoms with Crippen LogP contribution in [-0.4, -0.2) is 34.9 Å². The SMILES string of the molecule is CC(C)(CCN(CC(N)=O)C1CCCC1)C(N)=S. The fourth-order valence-electron chi connectivity index (χ4n) is 2.41. The highest BCUT2D eigenvalue weighted by molar-refractivity contribution is 7.80. The third-order valence-electron chi connectivity index (χ3n) is 3.89. The number of hydrogen-bond acceptors (Lipinski definition) is 3. The first-order valence-electron chi connectivity index (χ1n) is 6.65. The summed E-state index contributed by atoms with van der Waals surface area (Å²) in [5.74, 6) is -0.255. The van der Waals surface area contributed by atoms with Gasteiger partial charge in [-0.05, 0) is 25.8 Å². The second-order valence-electron chi connectivity index (χ2n) is 5.87. The molecule has 0 saturated heterocycles. The molecule has 18 heavy (non-hydrogen) atoms. The summed E-state index contributed by atoms with van der Waals surface area (Å²) in [4.78, 5) is 13.9. The minimum atomic E-state index is -0.255. The molecule has 1 aliphatic rings. The quantitative estimate of drug-likeness (QED) is 0.687. The zero-order valence-corrected chi connectivity index (χ0v) is 12.3. The molecule has 104 valence electrons. The van der Waals surface area contributed by atoms with Crippen molar-refractivity contribution >= 4 is 23.1 Å². The highest BCUT2D eigenvalue weighted by atomic mass is 32.1. The van der Waals surface area contributed by atoms with Crippen LogP contribution in [0, 0.1) is 5.41 Å². The van der Waals surface area contributed by atoms with Crippen LogP contribution in [0.25, 0.3) is 0 Å². The van der Waals surface area contributed by atoms with Gasteiger partial charge in [0.05, 0.1) is 11.5 Å². The van der Waals surface area contributed by atoms with Crippen LogP contribution in [0.4, 0.5) is 0 Å². The molecule has 0 atom stereocenters. The van der Waals surface area contributed by atoms with Gasteiger partial charge in [0.2, 0.25) is 5.91 Å². The standard InChI is InChI=1S/C13H25N3OS/c1-13(2,12(15)18)7-8-16(9-11(14)17)10-5-3-4-6-10/h10H,3-9H2,1-2H3,(H2,14,17)(H2,15,18). The molecule has 0 heterocycles. The maximum Gasteiger partial charge on any atom is 0.231 e. The van der Waals surface area contributed by atoms with Gasteiger partial charge in [-0.3, -0.25) is 9.69 Å². The van der Waals surface area contributed by atoms with E-state index in [1.54, 1.807) is 0 Å². The first-order valence-corrected chi connectivity index (χ1v) is 7.06. The molecule has 1 fully saturated rings. The van der Waals surface area contributed by atoms with Crippen LogP contribution < -0.4 is 11.5 Å². The Labute approximate surface area is 115 Å². The number of carbonyl (C=O) groups excluding carboxylic acids is 1. The van der Waals surface area contributed by atoms with Crippen LogP contribution in [-0.2, 0) is 4.79 Å². The van der Waals surface area contributed by atoms with Gasteiger partial charge in [-0.1, -0.05) is 38.9 Å². The van der Waals surface area contributed by atoms with Crippen molar-refractivity contribution in [2.24, 2.45) is 16.9 Å². The van der Waals surface area contributed by atoms with E-state index in [-0.39, 0.29) is 11.3 Å². The summed E-state index contributed by atoms with van der Waals surface area (Å²) in [6.45, 7) is 5.27. The van der Waals surface area contributed by atoms with E-state index in [1.165, 1.54) is 25.7 Å². The van der Waals surface area contributed by atoms with Gasteiger partial charge in [-0.15, -0.1) is 0 Å². The fraction of sp³-hybridized carbons (Fsp3) is 0.846. The lowest BCUT2D eigenvalue weighted by Gasteiger charge is -2.31. The molecule has 1 aliphatic carbocycles. The topological polar surface area (TPSA) is 72.3 Å². The summed E-state index contributed by atoms with van der Waals surface area (Å²) >= 11 is 5.07. The van der Waals surface area contributed by atoms with E-state index in [2.05, 4.69) is 4.90 Å². The van der Waals surface area contributed by atoms with Crippen molar-refractivity contribution in [1.29, 1.82) is 0 Å². The predicted molar refractivity (Wildman–Crippen MR) is 78.2 cm³/mol. The molecule has 0 aromatic heterocycles. The molecule has 4 N–H and O–H groups in total. The highest BCUT2D eigenvalue weighted by Gasteiger charge is 2.27. The molecular weight excluding hydrogens is 246 g/mol. The van der Waals surface area contributed by atoms with Crippen LogP contribution in [0.15, 0.2) is 0 Å². The van der Waals surface area contributed by atoms with E-state index in [4.69, 9.17) is 23.7 Å². The summed E-state index contributed by atoms with van der Waals surface area (Å²) in [5.41, 5.74) is 10.9. The first kappa shape index (κ1) is 15.4. The molecule has 1 rings (SSSR count). The number of thiocarbonyl (C=S) groups is 1. The number of hydrogen-bond donors (Lipinski definition) is 2. The zero-order valence-electron chi connectivity index (χ0n) is 11.4. The molecule has 0 aliphatic heterocycles. The van der Waals surface area contributed by atoms with Gasteiger partial charge in [-0.2, -0.15) is 0 Å². The summed E-state index contributed by atoms with van der Waals surface area (Å²) < 4.78 is 0. The Balaban J connectivity index is 2.55. The third kappa shape index (κ3) is 4.53. The first-order chi connectivity index (χ1) is 8.33. The minimum absolute atomic E-state index is 0.163. The lowest BCUT2D eigenvalue weighted by Crippen LogP contribution is -2.43. The lowest BCUT2D eigenvalue weighted by atomic mass is 9.89. The van der Waals surface area contributed by atoms with Crippen LogP contribution in [0.5, 0.6) is 0 Å². The van der Waals surface area contributed by atoms with Crippen LogP contribution in [0.1, 0.15) is 46.0 Å². The van der Waals surface area contributed by atoms with E-state index < -0.39 is 0 Å². The normalized spacial score (nSPS) is 17.3. The molecule has 1 amide bonds. The number of carbonyl (C=O) groups is 1. The second-order valence-corrected chi connectivity index (χ2v) is 6.31. The zero-order chi connectivity index (χ0) is 13.8. The van der Waals surface area contributed by atoms with E-state index >= 15 is 0 Å². The third-order valence-corrected chi connectivity index (χ3v) is 4.44. The van der Waals surface area contributed by atoms with Crippen molar-refractivity contribution in [3.05, 3.63) is 0 Å². The molecule has 0 radical (unpaired) electrons. The maximum atomic E-state index is 11.2. The summed E-state index contributed by atoms with van der Waals surface area (Å²) in [6, 6.07) is 0.500.